The standard InChI is InChI=1S/C63H60N2O13S2/c66-58(46-27-13-4-14-28-46)76-53-51(75-62(80-63-65-35-36-79-63)57(78-60(68)48-31-17-6-18-32-48)55(53)77-59(67)47-29-15-5-16-30-47)42-73-61-56(72-40-49-33-19-20-34-64-49)54(71-39-45-25-11-3-12-26-45)52(70-38-44-23-9-2-10-24-44)50(74-61)41-69-37-43-21-7-1-8-22-43/h1-34,50-57,61-62H,35-42H2/t50-,51-,52-,53-,54+,55+,56-,57-,61+,62+/m1/s1. The zero-order valence-corrected chi connectivity index (χ0v) is 45.2. The van der Waals surface area contributed by atoms with E-state index in [1.165, 1.54) is 23.5 Å². The molecule has 0 bridgehead atoms. The Morgan fingerprint density at radius 3 is 1.46 bits per heavy atom. The van der Waals surface area contributed by atoms with Crippen LogP contribution in [0.1, 0.15) is 53.5 Å². The van der Waals surface area contributed by atoms with Gasteiger partial charge >= 0.3 is 17.9 Å². The number of carbonyl (C=O) groups is 3. The normalized spacial score (nSPS) is 23.6. The fraction of sp³-hybridized carbons (Fsp3) is 0.286. The quantitative estimate of drug-likeness (QED) is 0.0438. The first-order valence-electron chi connectivity index (χ1n) is 26.4. The fourth-order valence-corrected chi connectivity index (χ4v) is 11.5. The van der Waals surface area contributed by atoms with Crippen LogP contribution in [0.5, 0.6) is 0 Å². The number of benzene rings is 6. The molecule has 7 aromatic rings. The van der Waals surface area contributed by atoms with Crippen molar-refractivity contribution >= 4 is 45.8 Å². The van der Waals surface area contributed by atoms with Gasteiger partial charge in [0.05, 0.1) is 68.6 Å². The second-order valence-electron chi connectivity index (χ2n) is 18.9. The minimum atomic E-state index is -1.48. The van der Waals surface area contributed by atoms with E-state index in [1.807, 2.05) is 109 Å². The Labute approximate surface area is 473 Å². The first kappa shape index (κ1) is 56.3. The third-order valence-corrected chi connectivity index (χ3v) is 15.6. The Morgan fingerprint density at radius 1 is 0.463 bits per heavy atom. The highest BCUT2D eigenvalue weighted by Gasteiger charge is 2.55. The Kier molecular flexibility index (Phi) is 20.3. The summed E-state index contributed by atoms with van der Waals surface area (Å²) in [6, 6.07) is 60.2. The van der Waals surface area contributed by atoms with Crippen molar-refractivity contribution in [3.05, 3.63) is 245 Å². The van der Waals surface area contributed by atoms with Gasteiger partial charge in [-0.25, -0.2) is 14.4 Å². The molecule has 17 heteroatoms. The summed E-state index contributed by atoms with van der Waals surface area (Å²) in [6.45, 7) is 0.944. The summed E-state index contributed by atoms with van der Waals surface area (Å²) in [5, 5.41) is 0. The van der Waals surface area contributed by atoms with Gasteiger partial charge in [0.25, 0.3) is 0 Å². The maximum Gasteiger partial charge on any atom is 0.338 e. The van der Waals surface area contributed by atoms with E-state index < -0.39 is 78.5 Å². The lowest BCUT2D eigenvalue weighted by molar-refractivity contribution is -0.335. The van der Waals surface area contributed by atoms with Crippen molar-refractivity contribution in [2.45, 2.75) is 87.0 Å². The molecule has 0 N–H and O–H groups in total. The van der Waals surface area contributed by atoms with Crippen molar-refractivity contribution in [1.82, 2.24) is 4.98 Å². The molecule has 3 aliphatic rings. The van der Waals surface area contributed by atoms with Crippen LogP contribution < -0.4 is 0 Å². The molecule has 412 valence electrons. The number of hydrogen-bond donors (Lipinski definition) is 0. The van der Waals surface area contributed by atoms with Crippen LogP contribution in [0.15, 0.2) is 211 Å². The molecule has 0 saturated carbocycles. The second-order valence-corrected chi connectivity index (χ2v) is 21.3. The monoisotopic (exact) mass is 1120 g/mol. The zero-order chi connectivity index (χ0) is 54.7. The Morgan fingerprint density at radius 2 is 0.938 bits per heavy atom. The Hall–Kier alpha value is -7.03. The lowest BCUT2D eigenvalue weighted by Crippen LogP contribution is -2.64. The van der Waals surface area contributed by atoms with Crippen molar-refractivity contribution in [1.29, 1.82) is 0 Å². The number of nitrogens with zero attached hydrogens (tertiary/aromatic N) is 2. The molecule has 3 aliphatic heterocycles. The number of rotatable bonds is 23. The lowest BCUT2D eigenvalue weighted by atomic mass is 9.97. The topological polar surface area (TPSA) is 169 Å². The third-order valence-electron chi connectivity index (χ3n) is 13.3. The van der Waals surface area contributed by atoms with Gasteiger partial charge in [-0.1, -0.05) is 175 Å². The summed E-state index contributed by atoms with van der Waals surface area (Å²) in [5.41, 5.74) is 3.01. The van der Waals surface area contributed by atoms with Gasteiger partial charge in [0, 0.05) is 11.9 Å². The van der Waals surface area contributed by atoms with E-state index in [0.29, 0.717) is 16.6 Å². The smallest absolute Gasteiger partial charge is 0.338 e. The van der Waals surface area contributed by atoms with E-state index in [9.17, 15) is 14.4 Å². The summed E-state index contributed by atoms with van der Waals surface area (Å²) in [6.07, 6.45) is -8.57. The van der Waals surface area contributed by atoms with Crippen molar-refractivity contribution in [2.24, 2.45) is 4.99 Å². The molecule has 10 rings (SSSR count). The highest BCUT2D eigenvalue weighted by molar-refractivity contribution is 8.39. The molecule has 6 aromatic carbocycles. The number of pyridine rings is 1. The van der Waals surface area contributed by atoms with Crippen molar-refractivity contribution in [2.75, 3.05) is 25.5 Å². The summed E-state index contributed by atoms with van der Waals surface area (Å²) in [4.78, 5) is 52.3. The number of aliphatic imine (C=N–C) groups is 1. The average Bonchev–Trinajstić information content (AvgIpc) is 4.09. The molecule has 1 aromatic heterocycles. The van der Waals surface area contributed by atoms with E-state index in [2.05, 4.69) is 4.98 Å². The van der Waals surface area contributed by atoms with E-state index in [-0.39, 0.29) is 56.3 Å². The van der Waals surface area contributed by atoms with Crippen LogP contribution in [-0.2, 0) is 73.8 Å². The van der Waals surface area contributed by atoms with Crippen molar-refractivity contribution in [3.63, 3.8) is 0 Å². The molecule has 0 aliphatic carbocycles. The van der Waals surface area contributed by atoms with Crippen LogP contribution in [0.2, 0.25) is 0 Å². The SMILES string of the molecule is O=C(O[C@@H]1[C@@H](OC(=O)c2ccccc2)[C@H](SC2=NCCS2)O[C@H](CO[C@H]2O[C@H](COCc3ccccc3)[C@@H](OCc3ccccc3)[C@H](OCc3ccccc3)[C@H]2OCc2ccccn2)[C@H]1OC(=O)c1ccccc1)c1ccccc1. The largest absolute Gasteiger partial charge is 0.452 e. The second kappa shape index (κ2) is 28.9. The van der Waals surface area contributed by atoms with E-state index in [0.717, 1.165) is 22.4 Å². The van der Waals surface area contributed by atoms with Gasteiger partial charge in [0.1, 0.15) is 34.9 Å². The molecule has 0 unspecified atom stereocenters. The molecule has 2 saturated heterocycles. The minimum absolute atomic E-state index is 0.0300. The highest BCUT2D eigenvalue weighted by atomic mass is 32.2. The number of esters is 3. The fourth-order valence-electron chi connectivity index (χ4n) is 9.26. The molecule has 10 atom stereocenters. The predicted octanol–water partition coefficient (Wildman–Crippen LogP) is 10.3. The Balaban J connectivity index is 1.04. The van der Waals surface area contributed by atoms with Crippen LogP contribution in [0.3, 0.4) is 0 Å². The molecule has 2 fully saturated rings. The van der Waals surface area contributed by atoms with Gasteiger partial charge in [-0.3, -0.25) is 9.98 Å². The number of carbonyl (C=O) groups excluding carboxylic acids is 3. The van der Waals surface area contributed by atoms with Gasteiger partial charge < -0.3 is 47.4 Å². The van der Waals surface area contributed by atoms with Gasteiger partial charge in [0.2, 0.25) is 0 Å². The van der Waals surface area contributed by atoms with Crippen LogP contribution in [0.4, 0.5) is 0 Å². The number of thioether (sulfide) groups is 2. The first-order chi connectivity index (χ1) is 39.4. The maximum atomic E-state index is 14.4. The van der Waals surface area contributed by atoms with E-state index >= 15 is 0 Å². The molecule has 4 heterocycles. The number of aromatic nitrogens is 1. The molecule has 0 spiro atoms. The van der Waals surface area contributed by atoms with Crippen molar-refractivity contribution in [3.8, 4) is 0 Å². The first-order valence-corrected chi connectivity index (χ1v) is 28.3. The van der Waals surface area contributed by atoms with Crippen molar-refractivity contribution < 1.29 is 61.8 Å². The maximum absolute atomic E-state index is 14.4. The van der Waals surface area contributed by atoms with E-state index in [4.69, 9.17) is 52.4 Å². The Bertz CT molecular complexity index is 3050. The highest BCUT2D eigenvalue weighted by Crippen LogP contribution is 2.40. The summed E-state index contributed by atoms with van der Waals surface area (Å²) < 4.78 is 68.2. The van der Waals surface area contributed by atoms with Gasteiger partial charge in [-0.05, 0) is 65.2 Å². The molecule has 15 nitrogen and oxygen atoms in total. The summed E-state index contributed by atoms with van der Waals surface area (Å²) in [5.74, 6) is -1.51. The summed E-state index contributed by atoms with van der Waals surface area (Å²) in [7, 11) is 0. The molecule has 0 radical (unpaired) electrons. The van der Waals surface area contributed by atoms with E-state index in [1.54, 1.807) is 97.2 Å². The van der Waals surface area contributed by atoms with Crippen LogP contribution in [-0.4, -0.2) is 113 Å². The predicted molar refractivity (Wildman–Crippen MR) is 302 cm³/mol. The lowest BCUT2D eigenvalue weighted by Gasteiger charge is -2.47. The minimum Gasteiger partial charge on any atom is -0.452 e. The van der Waals surface area contributed by atoms with Gasteiger partial charge in [-0.15, -0.1) is 0 Å². The third kappa shape index (κ3) is 15.4. The van der Waals surface area contributed by atoms with Gasteiger partial charge in [-0.2, -0.15) is 0 Å². The average molecular weight is 1120 g/mol. The molecular formula is C63H60N2O13S2. The van der Waals surface area contributed by atoms with Crippen LogP contribution >= 0.6 is 23.5 Å². The van der Waals surface area contributed by atoms with Crippen LogP contribution in [0.25, 0.3) is 0 Å². The molecule has 80 heavy (non-hydrogen) atoms. The van der Waals surface area contributed by atoms with Crippen LogP contribution in [0, 0.1) is 0 Å². The van der Waals surface area contributed by atoms with Gasteiger partial charge in [0.15, 0.2) is 30.0 Å². The molecule has 0 amide bonds. The zero-order valence-electron chi connectivity index (χ0n) is 43.6. The molecular weight excluding hydrogens is 1060 g/mol. The summed E-state index contributed by atoms with van der Waals surface area (Å²) >= 11 is 2.73. The number of hydrogen-bond acceptors (Lipinski definition) is 17. The number of ether oxygens (including phenoxy) is 10.